The minimum atomic E-state index is -0.524. The number of fused-ring (bicyclic) bond motifs is 3. The maximum Gasteiger partial charge on any atom is 0.331 e. The number of nitrogens with zero attached hydrogens (tertiary/aromatic N) is 2. The summed E-state index contributed by atoms with van der Waals surface area (Å²) in [5, 5.41) is 5.99. The van der Waals surface area contributed by atoms with Crippen LogP contribution in [-0.4, -0.2) is 22.0 Å². The molecule has 0 aliphatic heterocycles. The van der Waals surface area contributed by atoms with E-state index in [9.17, 15) is 9.59 Å². The van der Waals surface area contributed by atoms with Crippen molar-refractivity contribution in [2.24, 2.45) is 10.6 Å². The molecule has 0 N–H and O–H groups in total. The minimum absolute atomic E-state index is 0.121. The Morgan fingerprint density at radius 1 is 1.03 bits per heavy atom. The molecule has 0 bridgehead atoms. The molecule has 4 rings (SSSR count). The van der Waals surface area contributed by atoms with Crippen LogP contribution in [0.15, 0.2) is 65.9 Å². The number of ketones is 1. The summed E-state index contributed by atoms with van der Waals surface area (Å²) in [5.41, 5.74) is 3.86. The van der Waals surface area contributed by atoms with Gasteiger partial charge in [-0.3, -0.25) is 4.79 Å². The standard InChI is InChI=1S/C26H26N2O3/c1-5-28-23-11-9-19(17(2)27-31-18(3)29)15-21(23)22-16-20(10-12-24(22)28)25(30)26(4)13-7-6-8-14-26/h6-13,15-16H,5,14H2,1-4H3. The summed E-state index contributed by atoms with van der Waals surface area (Å²) in [6.45, 7) is 8.05. The van der Waals surface area contributed by atoms with Gasteiger partial charge in [0.15, 0.2) is 5.78 Å². The molecule has 5 nitrogen and oxygen atoms in total. The molecule has 0 radical (unpaired) electrons. The molecule has 158 valence electrons. The van der Waals surface area contributed by atoms with Crippen molar-refractivity contribution in [3.63, 3.8) is 0 Å². The first kappa shape index (κ1) is 20.8. The van der Waals surface area contributed by atoms with Gasteiger partial charge in [0.05, 0.1) is 11.1 Å². The Morgan fingerprint density at radius 2 is 1.68 bits per heavy atom. The van der Waals surface area contributed by atoms with E-state index in [4.69, 9.17) is 4.84 Å². The Balaban J connectivity index is 1.86. The number of carbonyl (C=O) groups excluding carboxylic acids is 2. The second-order valence-corrected chi connectivity index (χ2v) is 8.21. The van der Waals surface area contributed by atoms with Crippen LogP contribution in [0.4, 0.5) is 0 Å². The van der Waals surface area contributed by atoms with Crippen molar-refractivity contribution in [1.82, 2.24) is 4.57 Å². The number of oxime groups is 1. The second kappa shape index (κ2) is 7.99. The quantitative estimate of drug-likeness (QED) is 0.229. The van der Waals surface area contributed by atoms with Gasteiger partial charge >= 0.3 is 5.97 Å². The highest BCUT2D eigenvalue weighted by Gasteiger charge is 2.31. The predicted octanol–water partition coefficient (Wildman–Crippen LogP) is 5.81. The highest BCUT2D eigenvalue weighted by atomic mass is 16.7. The number of rotatable bonds is 5. The van der Waals surface area contributed by atoms with Gasteiger partial charge in [-0.15, -0.1) is 0 Å². The number of benzene rings is 2. The number of carbonyl (C=O) groups is 2. The summed E-state index contributed by atoms with van der Waals surface area (Å²) >= 11 is 0. The van der Waals surface area contributed by atoms with Crippen LogP contribution in [0.25, 0.3) is 21.8 Å². The highest BCUT2D eigenvalue weighted by molar-refractivity contribution is 6.14. The van der Waals surface area contributed by atoms with Crippen LogP contribution < -0.4 is 0 Å². The number of allylic oxidation sites excluding steroid dienone is 4. The molecule has 0 saturated heterocycles. The van der Waals surface area contributed by atoms with Crippen molar-refractivity contribution in [2.75, 3.05) is 0 Å². The van der Waals surface area contributed by atoms with Gasteiger partial charge in [-0.25, -0.2) is 4.79 Å². The number of aromatic nitrogens is 1. The monoisotopic (exact) mass is 414 g/mol. The van der Waals surface area contributed by atoms with Gasteiger partial charge in [-0.1, -0.05) is 35.5 Å². The smallest absolute Gasteiger partial charge is 0.331 e. The molecule has 1 atom stereocenters. The van der Waals surface area contributed by atoms with Crippen molar-refractivity contribution < 1.29 is 14.4 Å². The maximum absolute atomic E-state index is 13.3. The van der Waals surface area contributed by atoms with Gasteiger partial charge in [-0.05, 0) is 63.1 Å². The highest BCUT2D eigenvalue weighted by Crippen LogP contribution is 2.35. The average Bonchev–Trinajstić information content (AvgIpc) is 3.09. The molecule has 0 saturated carbocycles. The normalized spacial score (nSPS) is 18.6. The van der Waals surface area contributed by atoms with E-state index in [1.165, 1.54) is 6.92 Å². The molecule has 1 aliphatic carbocycles. The SMILES string of the molecule is CCn1c2ccc(C(=O)C3(C)C=CC=CC3)cc2c2cc(C(C)=NOC(C)=O)ccc21. The third-order valence-corrected chi connectivity index (χ3v) is 5.94. The van der Waals surface area contributed by atoms with Crippen LogP contribution in [0.2, 0.25) is 0 Å². The first-order chi connectivity index (χ1) is 14.8. The molecule has 0 fully saturated rings. The zero-order valence-electron chi connectivity index (χ0n) is 18.3. The van der Waals surface area contributed by atoms with E-state index >= 15 is 0 Å². The van der Waals surface area contributed by atoms with E-state index in [2.05, 4.69) is 22.7 Å². The van der Waals surface area contributed by atoms with Crippen LogP contribution in [0.3, 0.4) is 0 Å². The van der Waals surface area contributed by atoms with Crippen molar-refractivity contribution in [3.8, 4) is 0 Å². The molecule has 1 unspecified atom stereocenters. The van der Waals surface area contributed by atoms with E-state index in [1.54, 1.807) is 0 Å². The van der Waals surface area contributed by atoms with Crippen molar-refractivity contribution in [2.45, 2.75) is 40.7 Å². The van der Waals surface area contributed by atoms with E-state index in [0.29, 0.717) is 17.7 Å². The molecular formula is C26H26N2O3. The largest absolute Gasteiger partial charge is 0.341 e. The van der Waals surface area contributed by atoms with Gasteiger partial charge in [0.25, 0.3) is 0 Å². The van der Waals surface area contributed by atoms with Crippen LogP contribution >= 0.6 is 0 Å². The molecule has 1 aromatic heterocycles. The summed E-state index contributed by atoms with van der Waals surface area (Å²) in [7, 11) is 0. The fraction of sp³-hybridized carbons (Fsp3) is 0.269. The summed E-state index contributed by atoms with van der Waals surface area (Å²) in [6, 6.07) is 12.1. The Morgan fingerprint density at radius 3 is 2.26 bits per heavy atom. The fourth-order valence-corrected chi connectivity index (χ4v) is 4.22. The average molecular weight is 415 g/mol. The number of hydrogen-bond acceptors (Lipinski definition) is 4. The molecule has 31 heavy (non-hydrogen) atoms. The second-order valence-electron chi connectivity index (χ2n) is 8.21. The van der Waals surface area contributed by atoms with Crippen molar-refractivity contribution >= 4 is 39.3 Å². The van der Waals surface area contributed by atoms with E-state index in [0.717, 1.165) is 33.9 Å². The lowest BCUT2D eigenvalue weighted by Crippen LogP contribution is -2.26. The molecule has 5 heteroatoms. The van der Waals surface area contributed by atoms with E-state index in [1.807, 2.05) is 68.5 Å². The topological polar surface area (TPSA) is 60.7 Å². The number of Topliss-reactive ketones (excluding diaryl/α,β-unsaturated/α-hetero) is 1. The van der Waals surface area contributed by atoms with Crippen LogP contribution in [0.5, 0.6) is 0 Å². The van der Waals surface area contributed by atoms with Gasteiger partial charge < -0.3 is 9.40 Å². The number of hydrogen-bond donors (Lipinski definition) is 0. The van der Waals surface area contributed by atoms with Crippen LogP contribution in [0, 0.1) is 5.41 Å². The summed E-state index contributed by atoms with van der Waals surface area (Å²) in [5.74, 6) is -0.331. The minimum Gasteiger partial charge on any atom is -0.341 e. The Hall–Kier alpha value is -3.47. The zero-order chi connectivity index (χ0) is 22.2. The third kappa shape index (κ3) is 3.72. The lowest BCUT2D eigenvalue weighted by atomic mass is 9.77. The van der Waals surface area contributed by atoms with Crippen molar-refractivity contribution in [1.29, 1.82) is 0 Å². The summed E-state index contributed by atoms with van der Waals surface area (Å²) in [6.07, 6.45) is 8.65. The molecular weight excluding hydrogens is 388 g/mol. The fourth-order valence-electron chi connectivity index (χ4n) is 4.22. The Kier molecular flexibility index (Phi) is 5.36. The first-order valence-electron chi connectivity index (χ1n) is 10.5. The molecule has 3 aromatic rings. The van der Waals surface area contributed by atoms with Gasteiger partial charge in [0, 0.05) is 40.8 Å². The van der Waals surface area contributed by atoms with Crippen LogP contribution in [0.1, 0.15) is 50.0 Å². The lowest BCUT2D eigenvalue weighted by molar-refractivity contribution is -0.140. The van der Waals surface area contributed by atoms with Crippen molar-refractivity contribution in [3.05, 3.63) is 71.8 Å². The number of aryl methyl sites for hydroxylation is 1. The summed E-state index contributed by atoms with van der Waals surface area (Å²) in [4.78, 5) is 29.2. The lowest BCUT2D eigenvalue weighted by Gasteiger charge is -2.24. The zero-order valence-corrected chi connectivity index (χ0v) is 18.3. The van der Waals surface area contributed by atoms with Gasteiger partial charge in [0.2, 0.25) is 0 Å². The molecule has 0 spiro atoms. The van der Waals surface area contributed by atoms with Gasteiger partial charge in [-0.2, -0.15) is 0 Å². The van der Waals surface area contributed by atoms with Crippen LogP contribution in [-0.2, 0) is 16.2 Å². The van der Waals surface area contributed by atoms with Gasteiger partial charge in [0.1, 0.15) is 0 Å². The van der Waals surface area contributed by atoms with E-state index < -0.39 is 11.4 Å². The molecule has 2 aromatic carbocycles. The Labute approximate surface area is 181 Å². The first-order valence-corrected chi connectivity index (χ1v) is 10.5. The molecule has 0 amide bonds. The predicted molar refractivity (Wildman–Crippen MR) is 124 cm³/mol. The molecule has 1 aliphatic rings. The Bertz CT molecular complexity index is 1290. The molecule has 1 heterocycles. The van der Waals surface area contributed by atoms with E-state index in [-0.39, 0.29) is 5.78 Å². The maximum atomic E-state index is 13.3. The summed E-state index contributed by atoms with van der Waals surface area (Å²) < 4.78 is 2.24. The third-order valence-electron chi connectivity index (χ3n) is 5.94.